The summed E-state index contributed by atoms with van der Waals surface area (Å²) in [6.45, 7) is 8.98. The van der Waals surface area contributed by atoms with Gasteiger partial charge < -0.3 is 10.1 Å². The second-order valence-electron chi connectivity index (χ2n) is 7.56. The van der Waals surface area contributed by atoms with Crippen LogP contribution in [0, 0.1) is 12.8 Å². The smallest absolute Gasteiger partial charge is 0.324 e. The van der Waals surface area contributed by atoms with Gasteiger partial charge in [-0.2, -0.15) is 4.72 Å². The lowest BCUT2D eigenvalue weighted by atomic mass is 10.0. The maximum absolute atomic E-state index is 12.3. The molecule has 0 aliphatic heterocycles. The third-order valence-electron chi connectivity index (χ3n) is 4.19. The third kappa shape index (κ3) is 8.84. The molecule has 2 N–H and O–H groups in total. The molecule has 0 aromatic heterocycles. The molecule has 0 heterocycles. The molecule has 0 saturated heterocycles. The first-order chi connectivity index (χ1) is 13.0. The summed E-state index contributed by atoms with van der Waals surface area (Å²) in [4.78, 5) is 24.0. The summed E-state index contributed by atoms with van der Waals surface area (Å²) in [6.07, 6.45) is 2.95. The molecular weight excluding hydrogens is 380 g/mol. The Morgan fingerprint density at radius 2 is 1.64 bits per heavy atom. The molecule has 2 atom stereocenters. The van der Waals surface area contributed by atoms with E-state index >= 15 is 0 Å². The summed E-state index contributed by atoms with van der Waals surface area (Å²) in [5.41, 5.74) is 0.927. The Balaban J connectivity index is 2.43. The zero-order chi connectivity index (χ0) is 21.3. The van der Waals surface area contributed by atoms with Crippen LogP contribution in [-0.4, -0.2) is 39.0 Å². The minimum absolute atomic E-state index is 0.0117. The zero-order valence-corrected chi connectivity index (χ0v) is 18.1. The summed E-state index contributed by atoms with van der Waals surface area (Å²) in [7, 11) is -3.85. The quantitative estimate of drug-likeness (QED) is 0.544. The fourth-order valence-corrected chi connectivity index (χ4v) is 3.74. The van der Waals surface area contributed by atoms with Crippen molar-refractivity contribution in [1.29, 1.82) is 0 Å². The molecule has 0 radical (unpaired) electrons. The largest absolute Gasteiger partial charge is 0.454 e. The van der Waals surface area contributed by atoms with E-state index < -0.39 is 34.5 Å². The van der Waals surface area contributed by atoms with Gasteiger partial charge >= 0.3 is 5.97 Å². The van der Waals surface area contributed by atoms with Crippen molar-refractivity contribution in [2.24, 2.45) is 5.92 Å². The Morgan fingerprint density at radius 3 is 2.21 bits per heavy atom. The van der Waals surface area contributed by atoms with Crippen molar-refractivity contribution in [3.05, 3.63) is 29.8 Å². The van der Waals surface area contributed by atoms with E-state index in [-0.39, 0.29) is 10.9 Å². The number of hydrogen-bond acceptors (Lipinski definition) is 5. The number of amides is 1. The van der Waals surface area contributed by atoms with Gasteiger partial charge in [-0.25, -0.2) is 8.42 Å². The lowest BCUT2D eigenvalue weighted by molar-refractivity contribution is -0.149. The second-order valence-corrected chi connectivity index (χ2v) is 9.27. The highest BCUT2D eigenvalue weighted by molar-refractivity contribution is 7.89. The van der Waals surface area contributed by atoms with Gasteiger partial charge in [0.15, 0.2) is 6.61 Å². The van der Waals surface area contributed by atoms with Crippen LogP contribution >= 0.6 is 0 Å². The van der Waals surface area contributed by atoms with E-state index in [1.165, 1.54) is 19.1 Å². The van der Waals surface area contributed by atoms with Crippen LogP contribution < -0.4 is 10.0 Å². The zero-order valence-electron chi connectivity index (χ0n) is 17.3. The predicted molar refractivity (Wildman–Crippen MR) is 108 cm³/mol. The number of esters is 1. The molecule has 0 bridgehead atoms. The molecule has 0 fully saturated rings. The molecule has 1 aromatic carbocycles. The van der Waals surface area contributed by atoms with Crippen molar-refractivity contribution in [2.75, 3.05) is 6.61 Å². The predicted octanol–water partition coefficient (Wildman–Crippen LogP) is 2.54. The average molecular weight is 413 g/mol. The Bertz CT molecular complexity index is 744. The van der Waals surface area contributed by atoms with Gasteiger partial charge in [-0.3, -0.25) is 9.59 Å². The molecule has 8 heteroatoms. The van der Waals surface area contributed by atoms with Crippen molar-refractivity contribution in [2.45, 2.75) is 70.9 Å². The van der Waals surface area contributed by atoms with Crippen LogP contribution in [0.1, 0.15) is 52.5 Å². The summed E-state index contributed by atoms with van der Waals surface area (Å²) in [5.74, 6) is -0.591. The highest BCUT2D eigenvalue weighted by atomic mass is 32.2. The van der Waals surface area contributed by atoms with Gasteiger partial charge in [-0.1, -0.05) is 44.4 Å². The Hall–Kier alpha value is -1.93. The van der Waals surface area contributed by atoms with E-state index in [0.717, 1.165) is 24.8 Å². The lowest BCUT2D eigenvalue weighted by Gasteiger charge is -2.16. The number of nitrogens with one attached hydrogen (secondary N) is 2. The minimum Gasteiger partial charge on any atom is -0.454 e. The van der Waals surface area contributed by atoms with Crippen molar-refractivity contribution < 1.29 is 22.7 Å². The van der Waals surface area contributed by atoms with E-state index in [0.29, 0.717) is 5.92 Å². The third-order valence-corrected chi connectivity index (χ3v) is 5.74. The molecule has 0 spiro atoms. The van der Waals surface area contributed by atoms with Gasteiger partial charge in [-0.05, 0) is 45.2 Å². The number of sulfonamides is 1. The van der Waals surface area contributed by atoms with E-state index in [1.54, 1.807) is 12.1 Å². The number of hydrogen-bond donors (Lipinski definition) is 2. The van der Waals surface area contributed by atoms with Gasteiger partial charge in [0, 0.05) is 6.04 Å². The van der Waals surface area contributed by atoms with E-state index in [4.69, 9.17) is 4.74 Å². The van der Waals surface area contributed by atoms with Crippen LogP contribution in [0.25, 0.3) is 0 Å². The van der Waals surface area contributed by atoms with Crippen LogP contribution in [-0.2, 0) is 24.3 Å². The maximum Gasteiger partial charge on any atom is 0.324 e. The topological polar surface area (TPSA) is 102 Å². The number of ether oxygens (including phenoxy) is 1. The molecule has 7 nitrogen and oxygen atoms in total. The van der Waals surface area contributed by atoms with Gasteiger partial charge in [0.2, 0.25) is 10.0 Å². The van der Waals surface area contributed by atoms with Crippen LogP contribution in [0.15, 0.2) is 29.2 Å². The van der Waals surface area contributed by atoms with E-state index in [1.807, 2.05) is 13.8 Å². The molecule has 0 saturated carbocycles. The number of aryl methyl sites for hydroxylation is 1. The van der Waals surface area contributed by atoms with E-state index in [9.17, 15) is 18.0 Å². The van der Waals surface area contributed by atoms with Crippen molar-refractivity contribution >= 4 is 21.9 Å². The van der Waals surface area contributed by atoms with Gasteiger partial charge in [0.25, 0.3) is 5.91 Å². The minimum atomic E-state index is -3.85. The first-order valence-electron chi connectivity index (χ1n) is 9.56. The van der Waals surface area contributed by atoms with E-state index in [2.05, 4.69) is 23.9 Å². The Labute approximate surface area is 168 Å². The number of benzene rings is 1. The first kappa shape index (κ1) is 24.1. The van der Waals surface area contributed by atoms with Crippen LogP contribution in [0.4, 0.5) is 0 Å². The molecule has 1 aromatic rings. The Kier molecular flexibility index (Phi) is 9.61. The highest BCUT2D eigenvalue weighted by Gasteiger charge is 2.23. The molecule has 1 amide bonds. The molecular formula is C20H32N2O5S. The number of carbonyl (C=O) groups excluding carboxylic acids is 2. The molecule has 158 valence electrons. The normalized spacial score (nSPS) is 13.8. The SMILES string of the molecule is Cc1ccc(S(=O)(=O)N[C@@H](C)C(=O)OCC(=O)NC(C)CCCC(C)C)cc1. The standard InChI is InChI=1S/C20H32N2O5S/c1-14(2)7-6-8-16(4)21-19(23)13-27-20(24)17(5)22-28(25,26)18-11-9-15(3)10-12-18/h9-12,14,16-17,22H,6-8,13H2,1-5H3,(H,21,23)/t16?,17-/m0/s1. The second kappa shape index (κ2) is 11.2. The van der Waals surface area contributed by atoms with Crippen molar-refractivity contribution in [3.63, 3.8) is 0 Å². The summed E-state index contributed by atoms with van der Waals surface area (Å²) < 4.78 is 31.8. The van der Waals surface area contributed by atoms with Gasteiger partial charge in [0.1, 0.15) is 6.04 Å². The van der Waals surface area contributed by atoms with Crippen molar-refractivity contribution in [3.8, 4) is 0 Å². The number of rotatable bonds is 11. The fourth-order valence-electron chi connectivity index (χ4n) is 2.55. The average Bonchev–Trinajstić information content (AvgIpc) is 2.59. The lowest BCUT2D eigenvalue weighted by Crippen LogP contribution is -2.41. The van der Waals surface area contributed by atoms with Crippen molar-refractivity contribution in [1.82, 2.24) is 10.0 Å². The van der Waals surface area contributed by atoms with Gasteiger partial charge in [-0.15, -0.1) is 0 Å². The first-order valence-corrected chi connectivity index (χ1v) is 11.0. The summed E-state index contributed by atoms with van der Waals surface area (Å²) in [5, 5.41) is 2.77. The molecule has 28 heavy (non-hydrogen) atoms. The summed E-state index contributed by atoms with van der Waals surface area (Å²) >= 11 is 0. The van der Waals surface area contributed by atoms with Crippen LogP contribution in [0.2, 0.25) is 0 Å². The molecule has 1 rings (SSSR count). The van der Waals surface area contributed by atoms with Gasteiger partial charge in [0.05, 0.1) is 4.90 Å². The van der Waals surface area contributed by atoms with Crippen LogP contribution in [0.3, 0.4) is 0 Å². The van der Waals surface area contributed by atoms with Crippen LogP contribution in [0.5, 0.6) is 0 Å². The maximum atomic E-state index is 12.3. The monoisotopic (exact) mass is 412 g/mol. The fraction of sp³-hybridized carbons (Fsp3) is 0.600. The molecule has 0 aliphatic rings. The molecule has 1 unspecified atom stereocenters. The summed E-state index contributed by atoms with van der Waals surface area (Å²) in [6, 6.07) is 5.15. The molecule has 0 aliphatic carbocycles. The Morgan fingerprint density at radius 1 is 1.04 bits per heavy atom. The highest BCUT2D eigenvalue weighted by Crippen LogP contribution is 2.11. The number of carbonyl (C=O) groups is 2.